The Morgan fingerprint density at radius 1 is 1.36 bits per heavy atom. The topological polar surface area (TPSA) is 38.3 Å². The van der Waals surface area contributed by atoms with Gasteiger partial charge in [-0.15, -0.1) is 0 Å². The number of hydrogen-bond donors (Lipinski definition) is 1. The van der Waals surface area contributed by atoms with Crippen LogP contribution >= 0.6 is 0 Å². The fourth-order valence-corrected chi connectivity index (χ4v) is 2.55. The molecule has 7 heteroatoms. The smallest absolute Gasteiger partial charge is 0.384 e. The van der Waals surface area contributed by atoms with Gasteiger partial charge in [0.25, 0.3) is 0 Å². The van der Waals surface area contributed by atoms with Crippen molar-refractivity contribution in [2.24, 2.45) is 5.41 Å². The zero-order valence-electron chi connectivity index (χ0n) is 12.1. The zero-order chi connectivity index (χ0) is 16.4. The van der Waals surface area contributed by atoms with E-state index in [2.05, 4.69) is 5.32 Å². The summed E-state index contributed by atoms with van der Waals surface area (Å²) in [6, 6.07) is 2.29. The van der Waals surface area contributed by atoms with Crippen LogP contribution in [0.1, 0.15) is 30.4 Å². The maximum Gasteiger partial charge on any atom is 0.416 e. The molecule has 0 unspecified atom stereocenters. The molecule has 2 rings (SSSR count). The van der Waals surface area contributed by atoms with Crippen LogP contribution in [-0.4, -0.2) is 19.6 Å². The van der Waals surface area contributed by atoms with E-state index in [1.54, 1.807) is 0 Å². The maximum atomic E-state index is 13.7. The van der Waals surface area contributed by atoms with Gasteiger partial charge in [-0.3, -0.25) is 4.79 Å². The van der Waals surface area contributed by atoms with Gasteiger partial charge in [0.2, 0.25) is 5.91 Å². The number of amides is 1. The van der Waals surface area contributed by atoms with Gasteiger partial charge < -0.3 is 10.1 Å². The molecule has 1 N–H and O–H groups in total. The average Bonchev–Trinajstić information content (AvgIpc) is 2.40. The van der Waals surface area contributed by atoms with Crippen LogP contribution in [0.15, 0.2) is 18.2 Å². The second-order valence-electron chi connectivity index (χ2n) is 5.55. The summed E-state index contributed by atoms with van der Waals surface area (Å²) in [5, 5.41) is 2.59. The number of rotatable bonds is 5. The third kappa shape index (κ3) is 3.40. The van der Waals surface area contributed by atoms with E-state index in [0.29, 0.717) is 18.9 Å². The quantitative estimate of drug-likeness (QED) is 0.846. The maximum absolute atomic E-state index is 13.7. The van der Waals surface area contributed by atoms with Gasteiger partial charge in [-0.25, -0.2) is 4.39 Å². The molecule has 0 radical (unpaired) electrons. The number of carbonyl (C=O) groups excluding carboxylic acids is 1. The molecule has 1 aromatic rings. The van der Waals surface area contributed by atoms with Gasteiger partial charge in [-0.1, -0.05) is 12.5 Å². The van der Waals surface area contributed by atoms with E-state index in [-0.39, 0.29) is 24.6 Å². The van der Waals surface area contributed by atoms with Crippen molar-refractivity contribution in [1.82, 2.24) is 5.32 Å². The first-order chi connectivity index (χ1) is 10.3. The van der Waals surface area contributed by atoms with Crippen LogP contribution in [0.3, 0.4) is 0 Å². The summed E-state index contributed by atoms with van der Waals surface area (Å²) in [4.78, 5) is 12.2. The van der Waals surface area contributed by atoms with Crippen molar-refractivity contribution in [2.75, 3.05) is 13.7 Å². The fraction of sp³-hybridized carbons (Fsp3) is 0.533. The van der Waals surface area contributed by atoms with Crippen LogP contribution in [0.2, 0.25) is 0 Å². The van der Waals surface area contributed by atoms with Crippen molar-refractivity contribution < 1.29 is 27.1 Å². The molecule has 0 spiro atoms. The summed E-state index contributed by atoms with van der Waals surface area (Å²) in [5.41, 5.74) is -1.61. The number of alkyl halides is 3. The standard InChI is InChI=1S/C15H17F4NO2/c1-22-9-14(5-2-6-14)13(21)20-8-10-3-4-11(7-12(10)16)15(17,18)19/h3-4,7H,2,5-6,8-9H2,1H3,(H,20,21). The molecule has 1 amide bonds. The van der Waals surface area contributed by atoms with Gasteiger partial charge in [0, 0.05) is 19.2 Å². The van der Waals surface area contributed by atoms with Crippen molar-refractivity contribution in [2.45, 2.75) is 32.0 Å². The highest BCUT2D eigenvalue weighted by atomic mass is 19.4. The number of benzene rings is 1. The Kier molecular flexibility index (Phi) is 4.75. The number of nitrogens with one attached hydrogen (secondary N) is 1. The first-order valence-electron chi connectivity index (χ1n) is 6.91. The van der Waals surface area contributed by atoms with E-state index in [1.807, 2.05) is 0 Å². The van der Waals surface area contributed by atoms with E-state index in [1.165, 1.54) is 7.11 Å². The second kappa shape index (κ2) is 6.24. The van der Waals surface area contributed by atoms with Crippen LogP contribution in [0.4, 0.5) is 17.6 Å². The highest BCUT2D eigenvalue weighted by Gasteiger charge is 2.44. The molecule has 0 bridgehead atoms. The van der Waals surface area contributed by atoms with Crippen LogP contribution < -0.4 is 5.32 Å². The minimum Gasteiger partial charge on any atom is -0.384 e. The van der Waals surface area contributed by atoms with Crippen molar-refractivity contribution in [1.29, 1.82) is 0 Å². The van der Waals surface area contributed by atoms with Gasteiger partial charge >= 0.3 is 6.18 Å². The van der Waals surface area contributed by atoms with Crippen molar-refractivity contribution >= 4 is 5.91 Å². The lowest BCUT2D eigenvalue weighted by Gasteiger charge is -2.39. The van der Waals surface area contributed by atoms with Crippen LogP contribution in [0, 0.1) is 11.2 Å². The van der Waals surface area contributed by atoms with E-state index < -0.39 is 23.0 Å². The first-order valence-corrected chi connectivity index (χ1v) is 6.91. The minimum absolute atomic E-state index is 0.0215. The summed E-state index contributed by atoms with van der Waals surface area (Å²) >= 11 is 0. The molecule has 22 heavy (non-hydrogen) atoms. The largest absolute Gasteiger partial charge is 0.416 e. The Balaban J connectivity index is 2.01. The highest BCUT2D eigenvalue weighted by molar-refractivity contribution is 5.83. The Labute approximate surface area is 125 Å². The third-order valence-corrected chi connectivity index (χ3v) is 4.03. The SMILES string of the molecule is COCC1(C(=O)NCc2ccc(C(F)(F)F)cc2F)CCC1. The number of methoxy groups -OCH3 is 1. The molecule has 1 aliphatic rings. The van der Waals surface area contributed by atoms with Gasteiger partial charge in [0.1, 0.15) is 5.82 Å². The third-order valence-electron chi connectivity index (χ3n) is 4.03. The lowest BCUT2D eigenvalue weighted by atomic mass is 9.68. The molecular formula is C15H17F4NO2. The van der Waals surface area contributed by atoms with Crippen molar-refractivity contribution in [3.8, 4) is 0 Å². The van der Waals surface area contributed by atoms with E-state index in [4.69, 9.17) is 4.74 Å². The predicted molar refractivity (Wildman–Crippen MR) is 71.4 cm³/mol. The molecule has 1 aliphatic carbocycles. The Bertz CT molecular complexity index is 553. The highest BCUT2D eigenvalue weighted by Crippen LogP contribution is 2.41. The summed E-state index contributed by atoms with van der Waals surface area (Å²) in [6.45, 7) is 0.141. The minimum atomic E-state index is -4.59. The molecule has 0 aliphatic heterocycles. The van der Waals surface area contributed by atoms with E-state index in [9.17, 15) is 22.4 Å². The van der Waals surface area contributed by atoms with Crippen molar-refractivity contribution in [3.63, 3.8) is 0 Å². The molecule has 1 aromatic carbocycles. The first kappa shape index (κ1) is 16.7. The van der Waals surface area contributed by atoms with Gasteiger partial charge in [0.05, 0.1) is 17.6 Å². The lowest BCUT2D eigenvalue weighted by molar-refractivity contribution is -0.141. The molecule has 3 nitrogen and oxygen atoms in total. The van der Waals surface area contributed by atoms with Gasteiger partial charge in [-0.2, -0.15) is 13.2 Å². The Hall–Kier alpha value is -1.63. The normalized spacial score (nSPS) is 17.0. The van der Waals surface area contributed by atoms with Crippen LogP contribution in [0.25, 0.3) is 0 Å². The van der Waals surface area contributed by atoms with E-state index >= 15 is 0 Å². The Morgan fingerprint density at radius 2 is 2.05 bits per heavy atom. The lowest BCUT2D eigenvalue weighted by Crippen LogP contribution is -2.48. The molecule has 0 atom stereocenters. The summed E-state index contributed by atoms with van der Waals surface area (Å²) in [6.07, 6.45) is -2.27. The Morgan fingerprint density at radius 3 is 2.50 bits per heavy atom. The molecular weight excluding hydrogens is 302 g/mol. The van der Waals surface area contributed by atoms with Crippen molar-refractivity contribution in [3.05, 3.63) is 35.1 Å². The fourth-order valence-electron chi connectivity index (χ4n) is 2.55. The van der Waals surface area contributed by atoms with Gasteiger partial charge in [-0.05, 0) is 25.0 Å². The molecule has 1 saturated carbocycles. The van der Waals surface area contributed by atoms with E-state index in [0.717, 1.165) is 18.6 Å². The zero-order valence-corrected chi connectivity index (χ0v) is 12.1. The number of ether oxygens (including phenoxy) is 1. The average molecular weight is 319 g/mol. The number of halogens is 4. The molecule has 0 heterocycles. The molecule has 1 fully saturated rings. The van der Waals surface area contributed by atoms with Crippen LogP contribution in [-0.2, 0) is 22.3 Å². The van der Waals surface area contributed by atoms with Gasteiger partial charge in [0.15, 0.2) is 0 Å². The summed E-state index contributed by atoms with van der Waals surface area (Å²) in [5.74, 6) is -1.23. The molecule has 122 valence electrons. The number of hydrogen-bond acceptors (Lipinski definition) is 2. The summed E-state index contributed by atoms with van der Waals surface area (Å²) < 4.78 is 56.1. The monoisotopic (exact) mass is 319 g/mol. The summed E-state index contributed by atoms with van der Waals surface area (Å²) in [7, 11) is 1.50. The second-order valence-corrected chi connectivity index (χ2v) is 5.55. The molecule has 0 aromatic heterocycles. The predicted octanol–water partition coefficient (Wildman–Crippen LogP) is 3.28. The number of carbonyl (C=O) groups is 1. The van der Waals surface area contributed by atoms with Crippen LogP contribution in [0.5, 0.6) is 0 Å². The molecule has 0 saturated heterocycles.